The molecule has 1 fully saturated rings. The maximum atomic E-state index is 12.0. The van der Waals surface area contributed by atoms with E-state index in [4.69, 9.17) is 0 Å². The van der Waals surface area contributed by atoms with Crippen molar-refractivity contribution in [1.29, 1.82) is 0 Å². The van der Waals surface area contributed by atoms with Crippen LogP contribution in [0.3, 0.4) is 0 Å². The highest BCUT2D eigenvalue weighted by Gasteiger charge is 2.34. The minimum Gasteiger partial charge on any atom is -0.394 e. The fourth-order valence-corrected chi connectivity index (χ4v) is 3.81. The van der Waals surface area contributed by atoms with Crippen LogP contribution in [0, 0.1) is 0 Å². The summed E-state index contributed by atoms with van der Waals surface area (Å²) in [5.74, 6) is 0.930. The lowest BCUT2D eigenvalue weighted by Gasteiger charge is -2.27. The Bertz CT molecular complexity index is 501. The zero-order valence-corrected chi connectivity index (χ0v) is 13.5. The molecule has 2 rings (SSSR count). The second kappa shape index (κ2) is 8.29. The van der Waals surface area contributed by atoms with Crippen molar-refractivity contribution in [3.63, 3.8) is 0 Å². The lowest BCUT2D eigenvalue weighted by Crippen LogP contribution is -2.53. The molecule has 5 nitrogen and oxygen atoms in total. The van der Waals surface area contributed by atoms with E-state index in [2.05, 4.69) is 10.6 Å². The first-order chi connectivity index (χ1) is 10.6. The highest BCUT2D eigenvalue weighted by Crippen LogP contribution is 2.28. The lowest BCUT2D eigenvalue weighted by atomic mass is 9.99. The topological polar surface area (TPSA) is 78.4 Å². The Hall–Kier alpha value is -1.40. The van der Waals surface area contributed by atoms with Crippen molar-refractivity contribution < 1.29 is 14.1 Å². The first-order valence-corrected chi connectivity index (χ1v) is 9.18. The SMILES string of the molecule is O=C(NCCS(=O)Cc1ccccc1)NC1(CO)CCCC1. The van der Waals surface area contributed by atoms with Crippen LogP contribution in [0.4, 0.5) is 4.79 Å². The third-order valence-electron chi connectivity index (χ3n) is 4.03. The fourth-order valence-electron chi connectivity index (χ4n) is 2.77. The first-order valence-electron chi connectivity index (χ1n) is 7.69. The normalized spacial score (nSPS) is 17.9. The maximum Gasteiger partial charge on any atom is 0.315 e. The van der Waals surface area contributed by atoms with Crippen LogP contribution in [0.5, 0.6) is 0 Å². The number of benzene rings is 1. The minimum absolute atomic E-state index is 0.0274. The second-order valence-corrected chi connectivity index (χ2v) is 7.38. The number of carbonyl (C=O) groups is 1. The Kier molecular flexibility index (Phi) is 6.39. The van der Waals surface area contributed by atoms with Gasteiger partial charge in [0.05, 0.1) is 12.1 Å². The van der Waals surface area contributed by atoms with Crippen LogP contribution in [-0.4, -0.2) is 39.8 Å². The van der Waals surface area contributed by atoms with Gasteiger partial charge in [-0.1, -0.05) is 43.2 Å². The molecule has 0 aliphatic heterocycles. The molecule has 1 atom stereocenters. The van der Waals surface area contributed by atoms with E-state index in [1.807, 2.05) is 30.3 Å². The summed E-state index contributed by atoms with van der Waals surface area (Å²) >= 11 is 0. The number of aliphatic hydroxyl groups excluding tert-OH is 1. The highest BCUT2D eigenvalue weighted by molar-refractivity contribution is 7.84. The predicted octanol–water partition coefficient (Wildman–Crippen LogP) is 1.54. The largest absolute Gasteiger partial charge is 0.394 e. The second-order valence-electron chi connectivity index (χ2n) is 5.80. The molecule has 1 unspecified atom stereocenters. The molecule has 0 bridgehead atoms. The Morgan fingerprint density at radius 3 is 2.55 bits per heavy atom. The van der Waals surface area contributed by atoms with E-state index in [-0.39, 0.29) is 12.6 Å². The van der Waals surface area contributed by atoms with Gasteiger partial charge in [-0.15, -0.1) is 0 Å². The zero-order valence-electron chi connectivity index (χ0n) is 12.7. The molecular formula is C16H24N2O3S. The monoisotopic (exact) mass is 324 g/mol. The van der Waals surface area contributed by atoms with Gasteiger partial charge in [-0.25, -0.2) is 4.79 Å². The minimum atomic E-state index is -0.995. The first kappa shape index (κ1) is 17.0. The summed E-state index contributed by atoms with van der Waals surface area (Å²) < 4.78 is 12.0. The standard InChI is InChI=1S/C16H24N2O3S/c19-13-16(8-4-5-9-16)18-15(20)17-10-11-22(21)12-14-6-2-1-3-7-14/h1-3,6-7,19H,4-5,8-13H2,(H2,17,18,20). The van der Waals surface area contributed by atoms with E-state index in [0.717, 1.165) is 31.2 Å². The summed E-state index contributed by atoms with van der Waals surface area (Å²) in [6, 6.07) is 9.39. The summed E-state index contributed by atoms with van der Waals surface area (Å²) in [6.45, 7) is 0.340. The maximum absolute atomic E-state index is 12.0. The molecule has 0 saturated heterocycles. The molecule has 2 amide bonds. The Balaban J connectivity index is 1.67. The molecule has 0 heterocycles. The van der Waals surface area contributed by atoms with E-state index in [9.17, 15) is 14.1 Å². The molecule has 122 valence electrons. The van der Waals surface area contributed by atoms with E-state index in [1.165, 1.54) is 0 Å². The van der Waals surface area contributed by atoms with Crippen molar-refractivity contribution in [2.75, 3.05) is 18.9 Å². The summed E-state index contributed by atoms with van der Waals surface area (Å²) in [4.78, 5) is 11.9. The van der Waals surface area contributed by atoms with Gasteiger partial charge in [0.1, 0.15) is 0 Å². The number of urea groups is 1. The number of hydrogen-bond donors (Lipinski definition) is 3. The van der Waals surface area contributed by atoms with Crippen LogP contribution >= 0.6 is 0 Å². The van der Waals surface area contributed by atoms with Crippen molar-refractivity contribution in [2.45, 2.75) is 37.0 Å². The van der Waals surface area contributed by atoms with Crippen LogP contribution in [0.2, 0.25) is 0 Å². The summed E-state index contributed by atoms with van der Waals surface area (Å²) in [5.41, 5.74) is 0.572. The van der Waals surface area contributed by atoms with E-state index in [0.29, 0.717) is 18.1 Å². The number of aliphatic hydroxyl groups is 1. The van der Waals surface area contributed by atoms with Crippen molar-refractivity contribution in [3.05, 3.63) is 35.9 Å². The van der Waals surface area contributed by atoms with Crippen LogP contribution in [0.15, 0.2) is 30.3 Å². The third-order valence-corrected chi connectivity index (χ3v) is 5.34. The summed E-state index contributed by atoms with van der Waals surface area (Å²) in [5, 5.41) is 15.0. The molecule has 6 heteroatoms. The lowest BCUT2D eigenvalue weighted by molar-refractivity contribution is 0.163. The van der Waals surface area contributed by atoms with E-state index < -0.39 is 16.3 Å². The fraction of sp³-hybridized carbons (Fsp3) is 0.562. The van der Waals surface area contributed by atoms with Crippen LogP contribution < -0.4 is 10.6 Å². The Morgan fingerprint density at radius 2 is 1.91 bits per heavy atom. The molecule has 0 radical (unpaired) electrons. The van der Waals surface area contributed by atoms with E-state index >= 15 is 0 Å². The van der Waals surface area contributed by atoms with Crippen molar-refractivity contribution in [3.8, 4) is 0 Å². The molecule has 0 aromatic heterocycles. The van der Waals surface area contributed by atoms with Gasteiger partial charge in [0, 0.05) is 28.9 Å². The molecule has 22 heavy (non-hydrogen) atoms. The average Bonchev–Trinajstić information content (AvgIpc) is 2.97. The smallest absolute Gasteiger partial charge is 0.315 e. The van der Waals surface area contributed by atoms with Crippen molar-refractivity contribution in [2.24, 2.45) is 0 Å². The molecule has 0 spiro atoms. The molecule has 3 N–H and O–H groups in total. The van der Waals surface area contributed by atoms with Crippen LogP contribution in [0.25, 0.3) is 0 Å². The van der Waals surface area contributed by atoms with Gasteiger partial charge in [-0.3, -0.25) is 4.21 Å². The molecule has 1 saturated carbocycles. The molecule has 1 aromatic carbocycles. The van der Waals surface area contributed by atoms with E-state index in [1.54, 1.807) is 0 Å². The molecule has 1 aliphatic rings. The van der Waals surface area contributed by atoms with Gasteiger partial charge >= 0.3 is 6.03 Å². The van der Waals surface area contributed by atoms with Gasteiger partial charge in [-0.2, -0.15) is 0 Å². The number of carbonyl (C=O) groups excluding carboxylic acids is 1. The predicted molar refractivity (Wildman–Crippen MR) is 88.0 cm³/mol. The van der Waals surface area contributed by atoms with Gasteiger partial charge in [0.2, 0.25) is 0 Å². The quantitative estimate of drug-likeness (QED) is 0.712. The number of rotatable bonds is 7. The van der Waals surface area contributed by atoms with Crippen LogP contribution in [0.1, 0.15) is 31.2 Å². The van der Waals surface area contributed by atoms with Gasteiger partial charge in [0.25, 0.3) is 0 Å². The number of amides is 2. The Morgan fingerprint density at radius 1 is 1.23 bits per heavy atom. The Labute approximate surface area is 134 Å². The number of hydrogen-bond acceptors (Lipinski definition) is 3. The molecular weight excluding hydrogens is 300 g/mol. The van der Waals surface area contributed by atoms with Gasteiger partial charge in [-0.05, 0) is 18.4 Å². The highest BCUT2D eigenvalue weighted by atomic mass is 32.2. The van der Waals surface area contributed by atoms with Crippen molar-refractivity contribution in [1.82, 2.24) is 10.6 Å². The summed E-state index contributed by atoms with van der Waals surface area (Å²) in [6.07, 6.45) is 3.69. The zero-order chi connectivity index (χ0) is 15.8. The molecule has 1 aromatic rings. The van der Waals surface area contributed by atoms with Gasteiger partial charge < -0.3 is 15.7 Å². The van der Waals surface area contributed by atoms with Crippen molar-refractivity contribution >= 4 is 16.8 Å². The average molecular weight is 324 g/mol. The van der Waals surface area contributed by atoms with Gasteiger partial charge in [0.15, 0.2) is 0 Å². The van der Waals surface area contributed by atoms with Crippen LogP contribution in [-0.2, 0) is 16.6 Å². The summed E-state index contributed by atoms with van der Waals surface area (Å²) in [7, 11) is -0.995. The molecule has 1 aliphatic carbocycles. The number of nitrogens with one attached hydrogen (secondary N) is 2. The third kappa shape index (κ3) is 5.10.